The number of aliphatic hydroxyl groups excluding tert-OH is 1. The average molecular weight is 326 g/mol. The first-order valence-electron chi connectivity index (χ1n) is 7.54. The number of carbonyl (C=O) groups is 3. The second kappa shape index (κ2) is 3.70. The minimum absolute atomic E-state index is 0.0679. The van der Waals surface area contributed by atoms with Gasteiger partial charge in [0, 0.05) is 6.42 Å². The van der Waals surface area contributed by atoms with E-state index in [4.69, 9.17) is 14.2 Å². The van der Waals surface area contributed by atoms with Crippen molar-refractivity contribution >= 4 is 17.9 Å². The topological polar surface area (TPSA) is 119 Å². The Morgan fingerprint density at radius 3 is 2.39 bits per heavy atom. The summed E-state index contributed by atoms with van der Waals surface area (Å²) in [6, 6.07) is 0. The molecule has 8 heteroatoms. The van der Waals surface area contributed by atoms with Crippen molar-refractivity contribution in [3.8, 4) is 0 Å². The Balaban J connectivity index is 2.05. The summed E-state index contributed by atoms with van der Waals surface area (Å²) in [5.41, 5.74) is -5.91. The monoisotopic (exact) mass is 326 g/mol. The number of carbonyl (C=O) groups excluding carboxylic acids is 3. The molecule has 2 N–H and O–H groups in total. The van der Waals surface area contributed by atoms with Gasteiger partial charge in [0.15, 0.2) is 6.10 Å². The van der Waals surface area contributed by atoms with Crippen molar-refractivity contribution in [3.05, 3.63) is 0 Å². The minimum atomic E-state index is -1.78. The van der Waals surface area contributed by atoms with Gasteiger partial charge in [-0.1, -0.05) is 20.8 Å². The highest BCUT2D eigenvalue weighted by molar-refractivity contribution is 5.94. The van der Waals surface area contributed by atoms with Crippen molar-refractivity contribution in [1.29, 1.82) is 0 Å². The Labute approximate surface area is 131 Å². The third kappa shape index (κ3) is 1.20. The van der Waals surface area contributed by atoms with E-state index in [2.05, 4.69) is 0 Å². The van der Waals surface area contributed by atoms with E-state index in [-0.39, 0.29) is 12.8 Å². The van der Waals surface area contributed by atoms with Crippen molar-refractivity contribution in [2.75, 3.05) is 0 Å². The van der Waals surface area contributed by atoms with Crippen LogP contribution in [-0.4, -0.2) is 52.2 Å². The molecule has 0 radical (unpaired) electrons. The van der Waals surface area contributed by atoms with Gasteiger partial charge in [0.05, 0.1) is 12.0 Å². The maximum atomic E-state index is 12.6. The molecule has 0 aromatic rings. The largest absolute Gasteiger partial charge is 0.461 e. The zero-order valence-electron chi connectivity index (χ0n) is 13.0. The molecule has 126 valence electrons. The molecule has 3 heterocycles. The van der Waals surface area contributed by atoms with Gasteiger partial charge >= 0.3 is 17.9 Å². The molecule has 1 unspecified atom stereocenters. The first kappa shape index (κ1) is 14.9. The van der Waals surface area contributed by atoms with Crippen LogP contribution < -0.4 is 0 Å². The number of hydrogen-bond donors (Lipinski definition) is 2. The van der Waals surface area contributed by atoms with E-state index in [1.54, 1.807) is 20.8 Å². The summed E-state index contributed by atoms with van der Waals surface area (Å²) in [6.07, 6.45) is -4.58. The zero-order valence-corrected chi connectivity index (χ0v) is 13.0. The number of rotatable bonds is 0. The lowest BCUT2D eigenvalue weighted by molar-refractivity contribution is -0.224. The fraction of sp³-hybridized carbons (Fsp3) is 0.800. The van der Waals surface area contributed by atoms with Gasteiger partial charge in [0.25, 0.3) is 6.29 Å². The van der Waals surface area contributed by atoms with Crippen LogP contribution in [0.5, 0.6) is 0 Å². The number of ether oxygens (including phenoxy) is 3. The molecule has 23 heavy (non-hydrogen) atoms. The second-order valence-electron chi connectivity index (χ2n) is 7.89. The molecular weight excluding hydrogens is 308 g/mol. The third-order valence-corrected chi connectivity index (χ3v) is 6.22. The Morgan fingerprint density at radius 1 is 1.13 bits per heavy atom. The molecule has 4 aliphatic rings. The van der Waals surface area contributed by atoms with Crippen LogP contribution in [0.4, 0.5) is 0 Å². The molecule has 0 aromatic carbocycles. The van der Waals surface area contributed by atoms with Gasteiger partial charge in [-0.2, -0.15) is 0 Å². The maximum absolute atomic E-state index is 12.6. The fourth-order valence-corrected chi connectivity index (χ4v) is 5.15. The van der Waals surface area contributed by atoms with Crippen LogP contribution in [-0.2, 0) is 28.6 Å². The summed E-state index contributed by atoms with van der Waals surface area (Å²) in [4.78, 5) is 36.5. The van der Waals surface area contributed by atoms with Crippen LogP contribution >= 0.6 is 0 Å². The fourth-order valence-electron chi connectivity index (χ4n) is 5.15. The van der Waals surface area contributed by atoms with E-state index in [0.717, 1.165) is 0 Å². The van der Waals surface area contributed by atoms with Crippen molar-refractivity contribution in [2.45, 2.75) is 57.7 Å². The van der Waals surface area contributed by atoms with Crippen LogP contribution in [0.2, 0.25) is 0 Å². The Kier molecular flexibility index (Phi) is 2.39. The SMILES string of the molecule is CC(C)(C)[C@]1(O)C[C@H]2OC(=O)C[C@@]23C(=O)O[C@H]2OC(=O)C(O)[C@]213. The smallest absolute Gasteiger partial charge is 0.339 e. The van der Waals surface area contributed by atoms with Gasteiger partial charge in [-0.25, -0.2) is 4.79 Å². The van der Waals surface area contributed by atoms with Crippen molar-refractivity contribution in [2.24, 2.45) is 16.2 Å². The molecule has 0 bridgehead atoms. The molecule has 1 saturated carbocycles. The lowest BCUT2D eigenvalue weighted by Crippen LogP contribution is -2.65. The predicted octanol–water partition coefficient (Wildman–Crippen LogP) is -0.744. The van der Waals surface area contributed by atoms with Gasteiger partial charge < -0.3 is 24.4 Å². The first-order valence-corrected chi connectivity index (χ1v) is 7.54. The molecule has 2 spiro atoms. The highest BCUT2D eigenvalue weighted by Crippen LogP contribution is 2.75. The Bertz CT molecular complexity index is 650. The van der Waals surface area contributed by atoms with Gasteiger partial charge in [0.1, 0.15) is 16.9 Å². The zero-order chi connectivity index (χ0) is 17.0. The highest BCUT2D eigenvalue weighted by Gasteiger charge is 2.92. The molecule has 1 aliphatic carbocycles. The van der Waals surface area contributed by atoms with Crippen LogP contribution in [0.1, 0.15) is 33.6 Å². The number of aliphatic hydroxyl groups is 2. The third-order valence-electron chi connectivity index (χ3n) is 6.22. The lowest BCUT2D eigenvalue weighted by atomic mass is 9.52. The van der Waals surface area contributed by atoms with E-state index in [1.807, 2.05) is 0 Å². The molecule has 4 rings (SSSR count). The van der Waals surface area contributed by atoms with Gasteiger partial charge in [0.2, 0.25) is 0 Å². The van der Waals surface area contributed by atoms with Crippen LogP contribution in [0.3, 0.4) is 0 Å². The van der Waals surface area contributed by atoms with Gasteiger partial charge in [-0.15, -0.1) is 0 Å². The first-order chi connectivity index (χ1) is 10.5. The Morgan fingerprint density at radius 2 is 1.78 bits per heavy atom. The Hall–Kier alpha value is -1.67. The quantitative estimate of drug-likeness (QED) is 0.558. The summed E-state index contributed by atoms with van der Waals surface area (Å²) in [5, 5.41) is 22.2. The van der Waals surface area contributed by atoms with E-state index in [9.17, 15) is 24.6 Å². The van der Waals surface area contributed by atoms with Gasteiger partial charge in [-0.3, -0.25) is 9.59 Å². The van der Waals surface area contributed by atoms with Crippen molar-refractivity contribution in [1.82, 2.24) is 0 Å². The second-order valence-corrected chi connectivity index (χ2v) is 7.89. The summed E-state index contributed by atoms with van der Waals surface area (Å²) >= 11 is 0. The van der Waals surface area contributed by atoms with Crippen LogP contribution in [0.15, 0.2) is 0 Å². The van der Waals surface area contributed by atoms with E-state index in [1.165, 1.54) is 0 Å². The van der Waals surface area contributed by atoms with E-state index >= 15 is 0 Å². The normalized spacial score (nSPS) is 51.0. The lowest BCUT2D eigenvalue weighted by Gasteiger charge is -2.49. The minimum Gasteiger partial charge on any atom is -0.461 e. The summed E-state index contributed by atoms with van der Waals surface area (Å²) in [6.45, 7) is 5.19. The van der Waals surface area contributed by atoms with Crippen LogP contribution in [0, 0.1) is 16.2 Å². The molecule has 4 fully saturated rings. The van der Waals surface area contributed by atoms with E-state index < -0.39 is 58.3 Å². The molecule has 6 atom stereocenters. The molecule has 0 amide bonds. The highest BCUT2D eigenvalue weighted by atomic mass is 16.7. The van der Waals surface area contributed by atoms with Crippen molar-refractivity contribution in [3.63, 3.8) is 0 Å². The van der Waals surface area contributed by atoms with Gasteiger partial charge in [-0.05, 0) is 5.41 Å². The molecule has 8 nitrogen and oxygen atoms in total. The van der Waals surface area contributed by atoms with E-state index in [0.29, 0.717) is 0 Å². The standard InChI is InChI=1S/C15H18O8/c1-12(2,3)14(20)4-6-13(5-7(16)21-6)10(19)23-11-15(13,14)8(17)9(18)22-11/h6,8,11,17,20H,4-5H2,1-3H3/t6-,8?,11-,13+,14-,15-/m1/s1. The van der Waals surface area contributed by atoms with Crippen LogP contribution in [0.25, 0.3) is 0 Å². The summed E-state index contributed by atoms with van der Waals surface area (Å²) in [7, 11) is 0. The number of hydrogen-bond acceptors (Lipinski definition) is 8. The maximum Gasteiger partial charge on any atom is 0.339 e. The molecule has 3 aliphatic heterocycles. The summed E-state index contributed by atoms with van der Waals surface area (Å²) < 4.78 is 15.5. The molecular formula is C15H18O8. The number of esters is 3. The van der Waals surface area contributed by atoms with Crippen molar-refractivity contribution < 1.29 is 38.8 Å². The average Bonchev–Trinajstić information content (AvgIpc) is 3.00. The molecule has 3 saturated heterocycles. The summed E-state index contributed by atoms with van der Waals surface area (Å²) in [5.74, 6) is -2.36. The predicted molar refractivity (Wildman–Crippen MR) is 70.4 cm³/mol. The molecule has 0 aromatic heterocycles.